The quantitative estimate of drug-likeness (QED) is 0.0201. The number of aryl methyl sites for hydroxylation is 2. The van der Waals surface area contributed by atoms with Crippen molar-refractivity contribution in [3.63, 3.8) is 0 Å². The fourth-order valence-electron chi connectivity index (χ4n) is 14.3. The van der Waals surface area contributed by atoms with Gasteiger partial charge in [0.25, 0.3) is 0 Å². The van der Waals surface area contributed by atoms with E-state index in [4.69, 9.17) is 43.6 Å². The summed E-state index contributed by atoms with van der Waals surface area (Å²) in [5.41, 5.74) is 12.8. The second kappa shape index (κ2) is 41.6. The third kappa shape index (κ3) is 20.0. The molecule has 0 radical (unpaired) electrons. The molecule has 0 aliphatic heterocycles. The lowest BCUT2D eigenvalue weighted by Gasteiger charge is -2.13. The topological polar surface area (TPSA) is 255 Å². The van der Waals surface area contributed by atoms with Crippen molar-refractivity contribution < 1.29 is 89.8 Å². The van der Waals surface area contributed by atoms with E-state index in [0.717, 1.165) is 84.1 Å². The number of methoxy groups -OCH3 is 7. The molecule has 0 atom stereocenters. The van der Waals surface area contributed by atoms with E-state index >= 15 is 0 Å². The van der Waals surface area contributed by atoms with Gasteiger partial charge in [-0.25, -0.2) is 22.0 Å². The molecule has 5 heterocycles. The number of aliphatic hydroxyl groups is 2. The maximum atomic E-state index is 14.8. The largest absolute Gasteiger partial charge is 0.495 e. The van der Waals surface area contributed by atoms with Gasteiger partial charge in [0.15, 0.2) is 0 Å². The van der Waals surface area contributed by atoms with Gasteiger partial charge in [-0.15, -0.1) is 0 Å². The van der Waals surface area contributed by atoms with Crippen molar-refractivity contribution >= 4 is 101 Å². The molecule has 0 saturated heterocycles. The molecule has 0 saturated carbocycles. The number of H-pyrrole nitrogens is 2. The molecule has 618 valence electrons. The molecule has 0 amide bonds. The van der Waals surface area contributed by atoms with Gasteiger partial charge in [0.05, 0.1) is 100 Å². The molecule has 7 N–H and O–H groups in total. The maximum absolute atomic E-state index is 14.8. The summed E-state index contributed by atoms with van der Waals surface area (Å²) in [5, 5.41) is 42.0. The Morgan fingerprint density at radius 3 is 1.13 bits per heavy atom. The summed E-state index contributed by atoms with van der Waals surface area (Å²) in [6.45, 7) is 2.17. The zero-order valence-electron chi connectivity index (χ0n) is 67.4. The Bertz CT molecular complexity index is 6010. The number of likely N-dealkylation sites (N-methyl/N-ethyl adjacent to an activating group) is 1. The zero-order chi connectivity index (χ0) is 85.7. The first-order valence-electron chi connectivity index (χ1n) is 37.6. The van der Waals surface area contributed by atoms with Crippen molar-refractivity contribution in [2.75, 3.05) is 76.6 Å². The average Bonchev–Trinajstić information content (AvgIpc) is 1.68. The first kappa shape index (κ1) is 88.9. The van der Waals surface area contributed by atoms with Crippen LogP contribution in [-0.2, 0) is 65.3 Å². The predicted octanol–water partition coefficient (Wildman–Crippen LogP) is 16.8. The second-order valence-electron chi connectivity index (χ2n) is 27.1. The molecule has 15 rings (SSSR count). The number of nitrogens with one attached hydrogen (secondary N) is 3. The maximum Gasteiger partial charge on any atom is 0.488 e. The third-order valence-corrected chi connectivity index (χ3v) is 20.3. The molecular formula is C92H91BBrF5N6O14. The Kier molecular flexibility index (Phi) is 31.0. The van der Waals surface area contributed by atoms with Crippen LogP contribution in [0.25, 0.3) is 99.0 Å². The average molecular weight is 1690 g/mol. The molecule has 5 aromatic heterocycles. The molecule has 15 aromatic rings. The molecule has 27 heteroatoms. The molecule has 10 aromatic carbocycles. The Hall–Kier alpha value is -12.5. The van der Waals surface area contributed by atoms with Crippen molar-refractivity contribution in [1.82, 2.24) is 29.0 Å². The van der Waals surface area contributed by atoms with Gasteiger partial charge >= 0.3 is 19.1 Å². The highest BCUT2D eigenvalue weighted by molar-refractivity contribution is 9.10. The summed E-state index contributed by atoms with van der Waals surface area (Å²) in [6, 6.07) is 54.3. The third-order valence-electron chi connectivity index (χ3n) is 19.7. The van der Waals surface area contributed by atoms with E-state index in [1.807, 2.05) is 158 Å². The summed E-state index contributed by atoms with van der Waals surface area (Å²) in [6.07, 6.45) is 10.3. The van der Waals surface area contributed by atoms with E-state index in [1.165, 1.54) is 65.8 Å². The molecule has 0 aliphatic carbocycles. The van der Waals surface area contributed by atoms with E-state index in [-0.39, 0.29) is 54.9 Å². The van der Waals surface area contributed by atoms with Gasteiger partial charge in [-0.3, -0.25) is 19.0 Å². The number of nitrogens with zero attached hydrogens (tertiary/aromatic N) is 3. The number of esters is 2. The fraction of sp³-hybridized carbons (Fsp3) is 0.207. The number of rotatable bonds is 21. The van der Waals surface area contributed by atoms with Crippen LogP contribution >= 0.6 is 15.9 Å². The van der Waals surface area contributed by atoms with Gasteiger partial charge in [0.1, 0.15) is 57.8 Å². The number of hydrogen-bond donors (Lipinski definition) is 7. The van der Waals surface area contributed by atoms with Crippen LogP contribution in [0, 0.1) is 29.1 Å². The van der Waals surface area contributed by atoms with Crippen LogP contribution < -0.4 is 34.5 Å². The van der Waals surface area contributed by atoms with Crippen LogP contribution in [0.1, 0.15) is 39.5 Å². The molecule has 0 bridgehead atoms. The van der Waals surface area contributed by atoms with Crippen LogP contribution in [-0.4, -0.2) is 145 Å². The van der Waals surface area contributed by atoms with Crippen LogP contribution in [0.3, 0.4) is 0 Å². The Morgan fingerprint density at radius 2 is 0.765 bits per heavy atom. The minimum Gasteiger partial charge on any atom is -0.495 e. The Morgan fingerprint density at radius 1 is 0.429 bits per heavy atom. The van der Waals surface area contributed by atoms with Gasteiger partial charge in [0.2, 0.25) is 5.91 Å². The number of benzene rings is 10. The van der Waals surface area contributed by atoms with E-state index < -0.39 is 30.7 Å². The molecule has 0 spiro atoms. The van der Waals surface area contributed by atoms with Crippen molar-refractivity contribution in [1.29, 1.82) is 0 Å². The molecule has 0 unspecified atom stereocenters. The normalized spacial score (nSPS) is 10.8. The monoisotopic (exact) mass is 1690 g/mol. The van der Waals surface area contributed by atoms with Crippen LogP contribution in [0.2, 0.25) is 0 Å². The standard InChI is InChI=1S/C19H21FN2O.C18H16FNO3.C18H18FNO2.C17H16FNO2.C14H13BrFNO4.C6H7BO2/c1-21-10-9-14-12-22(2)18-16(20)11-15(19(23-3)17(14)18)13-7-5-4-6-8-13;1-22-15(21)8-12-10-20-17-14(19)9-13(18(23-2)16(12)17)11-6-4-3-5-7-11;1-20-11-13(8-9-21)16-17(20)15(19)10-14(18(16)22-2)12-6-4-3-5-7-12;1-21-17-13(11-5-3-2-4-6-11)9-14(18)16-15(17)12(7-8-20)10-19-16;1-7(18)17-6-8(4-11(19)20-2)12-13(17)10(16)5-9(15)14(12)21-3;8-7(9)6-4-2-1-3-5-6/h4-8,11-12,21H,9-10H2,1-3H3;3-7,9-10,20H,8H2,1-2H3;3-7,10-11,21H,8-9H2,1-2H3;2-6,9-10,19-20H,7-8H2,1H3;5-6H,4H2,1-3H3;1-5,8-9H. The first-order valence-corrected chi connectivity index (χ1v) is 38.4. The van der Waals surface area contributed by atoms with Crippen molar-refractivity contribution in [3.8, 4) is 73.3 Å². The summed E-state index contributed by atoms with van der Waals surface area (Å²) >= 11 is 3.22. The summed E-state index contributed by atoms with van der Waals surface area (Å²) in [5.74, 6) is -0.142. The molecule has 0 fully saturated rings. The van der Waals surface area contributed by atoms with E-state index in [9.17, 15) is 41.4 Å². The smallest absolute Gasteiger partial charge is 0.488 e. The number of halogens is 6. The van der Waals surface area contributed by atoms with Gasteiger partial charge in [0, 0.05) is 109 Å². The highest BCUT2D eigenvalue weighted by Gasteiger charge is 2.27. The minimum atomic E-state index is -1.34. The molecule has 0 aliphatic rings. The van der Waals surface area contributed by atoms with Gasteiger partial charge in [-0.1, -0.05) is 152 Å². The lowest BCUT2D eigenvalue weighted by molar-refractivity contribution is -0.140. The fourth-order valence-corrected chi connectivity index (χ4v) is 14.9. The van der Waals surface area contributed by atoms with Gasteiger partial charge in [-0.2, -0.15) is 0 Å². The summed E-state index contributed by atoms with van der Waals surface area (Å²) in [7, 11) is 14.6. The lowest BCUT2D eigenvalue weighted by atomic mass is 9.81. The number of aromatic amines is 2. The van der Waals surface area contributed by atoms with Crippen LogP contribution in [0.15, 0.2) is 217 Å². The van der Waals surface area contributed by atoms with E-state index in [2.05, 4.69) is 36.0 Å². The Balaban J connectivity index is 0.000000152. The summed E-state index contributed by atoms with van der Waals surface area (Å²) < 4.78 is 115. The SMILES string of the molecule is CNCCc1cn(C)c2c(F)cc(-c3ccccc3)c(OC)c12.COC(=O)Cc1c[nH]c2c(F)cc(-c3ccccc3)c(OC)c12.COC(=O)Cc1cn(C(C)=O)c2c(F)cc(Br)c(OC)c12.COc1c(-c2ccccc2)cc(F)c2[nH]cc(CCO)c12.COc1c(-c2ccccc2)cc(F)c2c1c(CCO)cn2C.OB(O)c1ccccc1. The molecule has 119 heavy (non-hydrogen) atoms. The highest BCUT2D eigenvalue weighted by Crippen LogP contribution is 2.46. The van der Waals surface area contributed by atoms with Crippen molar-refractivity contribution in [2.24, 2.45) is 14.1 Å². The number of carbonyl (C=O) groups is 3. The summed E-state index contributed by atoms with van der Waals surface area (Å²) in [4.78, 5) is 40.6. The van der Waals surface area contributed by atoms with E-state index in [1.54, 1.807) is 75.7 Å². The number of hydrogen-bond acceptors (Lipinski definition) is 15. The highest BCUT2D eigenvalue weighted by atomic mass is 79.9. The number of aromatic nitrogens is 5. The molecular weight excluding hydrogens is 1600 g/mol. The van der Waals surface area contributed by atoms with Gasteiger partial charge < -0.3 is 77.8 Å². The Labute approximate surface area is 693 Å². The lowest BCUT2D eigenvalue weighted by Crippen LogP contribution is -2.29. The number of fused-ring (bicyclic) bond motifs is 5. The predicted molar refractivity (Wildman–Crippen MR) is 460 cm³/mol. The number of ether oxygens (including phenoxy) is 7. The van der Waals surface area contributed by atoms with E-state index in [0.29, 0.717) is 106 Å². The second-order valence-corrected chi connectivity index (χ2v) is 27.9. The number of aliphatic hydroxyl groups excluding tert-OH is 2. The number of carbonyl (C=O) groups excluding carboxylic acids is 3. The molecule has 20 nitrogen and oxygen atoms in total. The zero-order valence-corrected chi connectivity index (χ0v) is 69.0. The van der Waals surface area contributed by atoms with Crippen LogP contribution in [0.4, 0.5) is 22.0 Å². The van der Waals surface area contributed by atoms with Gasteiger partial charge in [-0.05, 0) is 135 Å². The van der Waals surface area contributed by atoms with Crippen molar-refractivity contribution in [3.05, 3.63) is 274 Å². The minimum absolute atomic E-state index is 0.00723. The van der Waals surface area contributed by atoms with Crippen LogP contribution in [0.5, 0.6) is 28.7 Å². The first-order chi connectivity index (χ1) is 57.5. The van der Waals surface area contributed by atoms with Crippen molar-refractivity contribution in [2.45, 2.75) is 39.0 Å².